The third-order valence-electron chi connectivity index (χ3n) is 8.87. The van der Waals surface area contributed by atoms with Gasteiger partial charge in [-0.3, -0.25) is 9.59 Å². The van der Waals surface area contributed by atoms with E-state index in [4.69, 9.17) is 0 Å². The molecule has 8 atom stereocenters. The second kappa shape index (κ2) is 4.10. The van der Waals surface area contributed by atoms with Gasteiger partial charge in [0.15, 0.2) is 17.2 Å². The molecule has 4 bridgehead atoms. The second-order valence-electron chi connectivity index (χ2n) is 9.87. The van der Waals surface area contributed by atoms with Crippen molar-refractivity contribution in [2.75, 3.05) is 0 Å². The first kappa shape index (κ1) is 16.2. The first-order valence-corrected chi connectivity index (χ1v) is 9.44. The fourth-order valence-electron chi connectivity index (χ4n) is 8.04. The molecule has 0 amide bonds. The van der Waals surface area contributed by atoms with E-state index in [9.17, 15) is 24.9 Å². The van der Waals surface area contributed by atoms with E-state index < -0.39 is 45.8 Å². The zero-order valence-corrected chi connectivity index (χ0v) is 14.8. The normalized spacial score (nSPS) is 58.4. The maximum absolute atomic E-state index is 13.5. The molecule has 136 valence electrons. The van der Waals surface area contributed by atoms with Gasteiger partial charge in [0.05, 0.1) is 17.6 Å². The Labute approximate surface area is 147 Å². The van der Waals surface area contributed by atoms with E-state index in [0.717, 1.165) is 6.42 Å². The summed E-state index contributed by atoms with van der Waals surface area (Å²) in [6.07, 6.45) is 0.692. The number of hydrogen-bond acceptors (Lipinski definition) is 5. The molecule has 3 N–H and O–H groups in total. The first-order valence-electron chi connectivity index (χ1n) is 9.44. The van der Waals surface area contributed by atoms with Crippen LogP contribution in [0.2, 0.25) is 0 Å². The minimum Gasteiger partial charge on any atom is -0.392 e. The third kappa shape index (κ3) is 1.25. The second-order valence-corrected chi connectivity index (χ2v) is 9.87. The van der Waals surface area contributed by atoms with Gasteiger partial charge in [0.2, 0.25) is 0 Å². The fourth-order valence-corrected chi connectivity index (χ4v) is 8.04. The van der Waals surface area contributed by atoms with E-state index in [1.165, 1.54) is 0 Å². The average molecular weight is 346 g/mol. The highest BCUT2D eigenvalue weighted by Gasteiger charge is 2.91. The van der Waals surface area contributed by atoms with Crippen molar-refractivity contribution in [3.05, 3.63) is 12.2 Å². The van der Waals surface area contributed by atoms with Crippen LogP contribution >= 0.6 is 0 Å². The lowest BCUT2D eigenvalue weighted by Crippen LogP contribution is -2.66. The zero-order valence-electron chi connectivity index (χ0n) is 14.8. The number of ketones is 2. The number of aliphatic hydroxyl groups is 3. The molecule has 0 aliphatic heterocycles. The van der Waals surface area contributed by atoms with Gasteiger partial charge >= 0.3 is 0 Å². The average Bonchev–Trinajstić information content (AvgIpc) is 2.96. The van der Waals surface area contributed by atoms with Crippen LogP contribution in [0.5, 0.6) is 0 Å². The number of carbonyl (C=O) groups excluding carboxylic acids is 2. The van der Waals surface area contributed by atoms with Crippen molar-refractivity contribution >= 4 is 11.6 Å². The van der Waals surface area contributed by atoms with Gasteiger partial charge in [-0.15, -0.1) is 0 Å². The summed E-state index contributed by atoms with van der Waals surface area (Å²) >= 11 is 0. The molecule has 25 heavy (non-hydrogen) atoms. The first-order chi connectivity index (χ1) is 11.6. The number of hydrogen-bond donors (Lipinski definition) is 3. The number of carbonyl (C=O) groups is 2. The van der Waals surface area contributed by atoms with Crippen LogP contribution in [0.25, 0.3) is 0 Å². The molecule has 0 aromatic heterocycles. The third-order valence-corrected chi connectivity index (χ3v) is 8.87. The monoisotopic (exact) mass is 346 g/mol. The van der Waals surface area contributed by atoms with E-state index in [1.807, 2.05) is 13.8 Å². The highest BCUT2D eigenvalue weighted by molar-refractivity contribution is 6.11. The van der Waals surface area contributed by atoms with Crippen LogP contribution in [0.4, 0.5) is 0 Å². The van der Waals surface area contributed by atoms with Crippen molar-refractivity contribution in [3.8, 4) is 0 Å². The lowest BCUT2D eigenvalue weighted by atomic mass is 9.44. The Balaban J connectivity index is 1.83. The molecule has 0 aromatic carbocycles. The number of allylic oxidation sites excluding steroid dienone is 1. The van der Waals surface area contributed by atoms with Crippen LogP contribution in [-0.4, -0.2) is 44.7 Å². The minimum absolute atomic E-state index is 0.0179. The molecule has 5 aliphatic carbocycles. The van der Waals surface area contributed by atoms with E-state index in [1.54, 1.807) is 0 Å². The Morgan fingerprint density at radius 3 is 2.48 bits per heavy atom. The molecule has 0 saturated heterocycles. The molecule has 5 fully saturated rings. The van der Waals surface area contributed by atoms with Crippen LogP contribution in [0.3, 0.4) is 0 Å². The highest BCUT2D eigenvalue weighted by Crippen LogP contribution is 2.80. The van der Waals surface area contributed by atoms with Gasteiger partial charge in [0.25, 0.3) is 0 Å². The predicted octanol–water partition coefficient (Wildman–Crippen LogP) is 1.000. The van der Waals surface area contributed by atoms with Crippen LogP contribution in [-0.2, 0) is 9.59 Å². The lowest BCUT2D eigenvalue weighted by molar-refractivity contribution is -0.193. The topological polar surface area (TPSA) is 94.8 Å². The number of fused-ring (bicyclic) bond motifs is 2. The maximum atomic E-state index is 13.5. The largest absolute Gasteiger partial charge is 0.392 e. The highest BCUT2D eigenvalue weighted by atomic mass is 16.4. The summed E-state index contributed by atoms with van der Waals surface area (Å²) in [6.45, 7) is 7.89. The van der Waals surface area contributed by atoms with Crippen molar-refractivity contribution in [3.63, 3.8) is 0 Å². The molecule has 5 rings (SSSR count). The Hall–Kier alpha value is -1.04. The molecule has 0 aromatic rings. The Morgan fingerprint density at radius 2 is 1.80 bits per heavy atom. The Kier molecular flexibility index (Phi) is 2.65. The van der Waals surface area contributed by atoms with Gasteiger partial charge in [0, 0.05) is 11.3 Å². The molecule has 2 spiro atoms. The van der Waals surface area contributed by atoms with Crippen LogP contribution in [0, 0.1) is 34.0 Å². The van der Waals surface area contributed by atoms with E-state index in [-0.39, 0.29) is 17.6 Å². The van der Waals surface area contributed by atoms with Gasteiger partial charge < -0.3 is 15.3 Å². The molecule has 5 saturated carbocycles. The quantitative estimate of drug-likeness (QED) is 0.569. The van der Waals surface area contributed by atoms with Crippen molar-refractivity contribution < 1.29 is 24.9 Å². The van der Waals surface area contributed by atoms with Gasteiger partial charge in [-0.25, -0.2) is 0 Å². The fraction of sp³-hybridized carbons (Fsp3) is 0.800. The van der Waals surface area contributed by atoms with Crippen molar-refractivity contribution in [2.24, 2.45) is 34.0 Å². The van der Waals surface area contributed by atoms with E-state index in [2.05, 4.69) is 6.58 Å². The summed E-state index contributed by atoms with van der Waals surface area (Å²) in [7, 11) is 0. The van der Waals surface area contributed by atoms with Crippen LogP contribution < -0.4 is 0 Å². The molecular weight excluding hydrogens is 320 g/mol. The summed E-state index contributed by atoms with van der Waals surface area (Å²) in [5.74, 6) is -1.67. The van der Waals surface area contributed by atoms with Crippen LogP contribution in [0.1, 0.15) is 46.0 Å². The number of aliphatic hydroxyl groups excluding tert-OH is 2. The lowest BCUT2D eigenvalue weighted by Gasteiger charge is -2.58. The van der Waals surface area contributed by atoms with Gasteiger partial charge in [-0.1, -0.05) is 20.4 Å². The summed E-state index contributed by atoms with van der Waals surface area (Å²) < 4.78 is 0. The molecule has 0 unspecified atom stereocenters. The van der Waals surface area contributed by atoms with Crippen LogP contribution in [0.15, 0.2) is 12.2 Å². The van der Waals surface area contributed by atoms with E-state index >= 15 is 0 Å². The van der Waals surface area contributed by atoms with Gasteiger partial charge in [-0.2, -0.15) is 0 Å². The zero-order chi connectivity index (χ0) is 18.2. The summed E-state index contributed by atoms with van der Waals surface area (Å²) in [5, 5.41) is 34.0. The summed E-state index contributed by atoms with van der Waals surface area (Å²) in [5.41, 5.74) is -4.41. The predicted molar refractivity (Wildman–Crippen MR) is 88.3 cm³/mol. The number of Topliss-reactive ketones (excluding diaryl/α,β-unsaturated/α-hetero) is 2. The van der Waals surface area contributed by atoms with Crippen molar-refractivity contribution in [1.29, 1.82) is 0 Å². The molecule has 5 heteroatoms. The van der Waals surface area contributed by atoms with Crippen molar-refractivity contribution in [2.45, 2.75) is 63.8 Å². The number of rotatable bonds is 0. The minimum atomic E-state index is -2.08. The van der Waals surface area contributed by atoms with E-state index in [0.29, 0.717) is 31.3 Å². The maximum Gasteiger partial charge on any atom is 0.172 e. The SMILES string of the molecule is C=C1C(=O)[C@]23C[C@H]1CC[C@H]2[C@]12[C@H](C(=O)[C@]3(O)[C@@H]1O)C(C)(C)CC[C@@H]2O. The molecule has 0 heterocycles. The summed E-state index contributed by atoms with van der Waals surface area (Å²) in [4.78, 5) is 26.7. The van der Waals surface area contributed by atoms with Gasteiger partial charge in [0.1, 0.15) is 0 Å². The Morgan fingerprint density at radius 1 is 1.12 bits per heavy atom. The van der Waals surface area contributed by atoms with Crippen molar-refractivity contribution in [1.82, 2.24) is 0 Å². The summed E-state index contributed by atoms with van der Waals surface area (Å²) in [6, 6.07) is 0. The molecule has 5 nitrogen and oxygen atoms in total. The smallest absolute Gasteiger partial charge is 0.172 e. The molecule has 5 aliphatic rings. The molecule has 0 radical (unpaired) electrons. The molecular formula is C20H26O5. The Bertz CT molecular complexity index is 740. The standard InChI is InChI=1S/C20H26O5/c1-9-10-4-5-11-18(8-10,14(9)22)20(25)15(23)13-17(2,3)7-6-12(21)19(11,13)16(20)24/h10-13,16,21,24-25H,1,4-8H2,2-3H3/t10-,11-,12+,13-,16-,18+,19+,20+/m1/s1. The van der Waals surface area contributed by atoms with Gasteiger partial charge in [-0.05, 0) is 54.9 Å².